The molecule has 2 aromatic carbocycles. The second-order valence-electron chi connectivity index (χ2n) is 9.13. The summed E-state index contributed by atoms with van der Waals surface area (Å²) in [5.41, 5.74) is 4.40. The number of fused-ring (bicyclic) bond motifs is 1. The highest BCUT2D eigenvalue weighted by molar-refractivity contribution is 6.31. The second kappa shape index (κ2) is 10.7. The number of carbonyl (C=O) groups excluding carboxylic acids is 1. The Bertz CT molecular complexity index is 1360. The maximum atomic E-state index is 13.5. The molecule has 1 amide bonds. The van der Waals surface area contributed by atoms with Crippen molar-refractivity contribution in [2.24, 2.45) is 0 Å². The minimum atomic E-state index is -0.00881. The van der Waals surface area contributed by atoms with Crippen molar-refractivity contribution in [1.82, 2.24) is 19.7 Å². The molecule has 4 aromatic rings. The summed E-state index contributed by atoms with van der Waals surface area (Å²) >= 11 is 6.26. The molecular weight excluding hydrogens is 476 g/mol. The van der Waals surface area contributed by atoms with Gasteiger partial charge >= 0.3 is 0 Å². The molecule has 5 rings (SSSR count). The number of ether oxygens (including phenoxy) is 2. The van der Waals surface area contributed by atoms with Crippen LogP contribution in [0.2, 0.25) is 5.02 Å². The second-order valence-corrected chi connectivity index (χ2v) is 9.56. The lowest BCUT2D eigenvalue weighted by molar-refractivity contribution is -0.134. The van der Waals surface area contributed by atoms with E-state index in [1.54, 1.807) is 11.8 Å². The number of rotatable bonds is 8. The molecule has 186 valence electrons. The predicted octanol–water partition coefficient (Wildman–Crippen LogP) is 5.28. The molecule has 0 saturated carbocycles. The molecule has 1 saturated heterocycles. The van der Waals surface area contributed by atoms with Crippen molar-refractivity contribution in [1.29, 1.82) is 0 Å². The Morgan fingerprint density at radius 3 is 2.72 bits per heavy atom. The van der Waals surface area contributed by atoms with Crippen LogP contribution in [0.3, 0.4) is 0 Å². The molecule has 1 atom stereocenters. The van der Waals surface area contributed by atoms with Crippen molar-refractivity contribution in [3.05, 3.63) is 77.1 Å². The zero-order valence-corrected chi connectivity index (χ0v) is 21.2. The predicted molar refractivity (Wildman–Crippen MR) is 140 cm³/mol. The summed E-state index contributed by atoms with van der Waals surface area (Å²) in [6.07, 6.45) is 3.83. The van der Waals surface area contributed by atoms with Crippen molar-refractivity contribution >= 4 is 28.4 Å². The van der Waals surface area contributed by atoms with Gasteiger partial charge < -0.3 is 14.4 Å². The topological polar surface area (TPSA) is 69.5 Å². The lowest BCUT2D eigenvalue weighted by Gasteiger charge is -2.27. The number of amides is 1. The number of carbonyl (C=O) groups is 1. The van der Waals surface area contributed by atoms with E-state index in [1.165, 1.54) is 0 Å². The molecule has 0 bridgehead atoms. The van der Waals surface area contributed by atoms with Gasteiger partial charge in [-0.15, -0.1) is 0 Å². The number of methoxy groups -OCH3 is 1. The van der Waals surface area contributed by atoms with Gasteiger partial charge in [0.15, 0.2) is 0 Å². The van der Waals surface area contributed by atoms with E-state index in [4.69, 9.17) is 26.1 Å². The SMILES string of the molecule is COc1ccc(-c2nc3cc(Cl)ccc3cc2CN(CC2CCCO2)C(=O)Cn2ccc(C)n2)cc1. The molecule has 3 heterocycles. The van der Waals surface area contributed by atoms with Crippen LogP contribution in [0.4, 0.5) is 0 Å². The highest BCUT2D eigenvalue weighted by Gasteiger charge is 2.25. The average molecular weight is 505 g/mol. The summed E-state index contributed by atoms with van der Waals surface area (Å²) in [5.74, 6) is 0.763. The van der Waals surface area contributed by atoms with E-state index in [1.807, 2.05) is 66.6 Å². The van der Waals surface area contributed by atoms with Gasteiger partial charge in [-0.1, -0.05) is 17.7 Å². The first-order valence-electron chi connectivity index (χ1n) is 12.1. The van der Waals surface area contributed by atoms with Crippen LogP contribution >= 0.6 is 11.6 Å². The summed E-state index contributed by atoms with van der Waals surface area (Å²) in [6.45, 7) is 3.76. The van der Waals surface area contributed by atoms with E-state index in [0.717, 1.165) is 58.6 Å². The van der Waals surface area contributed by atoms with E-state index in [9.17, 15) is 4.79 Å². The number of halogens is 1. The molecule has 0 radical (unpaired) electrons. The number of hydrogen-bond acceptors (Lipinski definition) is 5. The third kappa shape index (κ3) is 5.53. The Hall–Kier alpha value is -3.42. The maximum Gasteiger partial charge on any atom is 0.244 e. The molecule has 1 unspecified atom stereocenters. The normalized spacial score (nSPS) is 15.4. The summed E-state index contributed by atoms with van der Waals surface area (Å²) < 4.78 is 12.9. The summed E-state index contributed by atoms with van der Waals surface area (Å²) in [7, 11) is 1.65. The Kier molecular flexibility index (Phi) is 7.20. The lowest BCUT2D eigenvalue weighted by atomic mass is 10.0. The van der Waals surface area contributed by atoms with Crippen LogP contribution in [0.15, 0.2) is 60.8 Å². The fourth-order valence-electron chi connectivity index (χ4n) is 4.59. The van der Waals surface area contributed by atoms with Gasteiger partial charge in [-0.05, 0) is 73.9 Å². The smallest absolute Gasteiger partial charge is 0.244 e. The van der Waals surface area contributed by atoms with Crippen molar-refractivity contribution in [2.75, 3.05) is 20.3 Å². The molecule has 8 heteroatoms. The Labute approximate surface area is 215 Å². The van der Waals surface area contributed by atoms with Gasteiger partial charge in [0.25, 0.3) is 0 Å². The first-order chi connectivity index (χ1) is 17.5. The number of pyridine rings is 1. The average Bonchev–Trinajstić information content (AvgIpc) is 3.55. The quantitative estimate of drug-likeness (QED) is 0.326. The van der Waals surface area contributed by atoms with E-state index in [0.29, 0.717) is 18.1 Å². The molecule has 0 spiro atoms. The van der Waals surface area contributed by atoms with Crippen LogP contribution < -0.4 is 4.74 Å². The van der Waals surface area contributed by atoms with Crippen molar-refractivity contribution in [3.8, 4) is 17.0 Å². The van der Waals surface area contributed by atoms with Gasteiger partial charge in [-0.3, -0.25) is 9.48 Å². The minimum absolute atomic E-state index is 0.00881. The van der Waals surface area contributed by atoms with Gasteiger partial charge in [0.1, 0.15) is 12.3 Å². The Balaban J connectivity index is 1.52. The number of nitrogens with zero attached hydrogens (tertiary/aromatic N) is 4. The number of hydrogen-bond donors (Lipinski definition) is 0. The van der Waals surface area contributed by atoms with Gasteiger partial charge in [0.2, 0.25) is 5.91 Å². The number of benzene rings is 2. The fourth-order valence-corrected chi connectivity index (χ4v) is 4.75. The maximum absolute atomic E-state index is 13.5. The minimum Gasteiger partial charge on any atom is -0.497 e. The zero-order chi connectivity index (χ0) is 25.1. The van der Waals surface area contributed by atoms with Gasteiger partial charge in [0.05, 0.1) is 30.1 Å². The third-order valence-electron chi connectivity index (χ3n) is 6.46. The first kappa shape index (κ1) is 24.3. The Morgan fingerprint density at radius 2 is 2.03 bits per heavy atom. The highest BCUT2D eigenvalue weighted by Crippen LogP contribution is 2.30. The summed E-state index contributed by atoms with van der Waals surface area (Å²) in [4.78, 5) is 20.4. The van der Waals surface area contributed by atoms with Gasteiger partial charge in [-0.25, -0.2) is 4.98 Å². The molecule has 1 aliphatic heterocycles. The Morgan fingerprint density at radius 1 is 1.19 bits per heavy atom. The lowest BCUT2D eigenvalue weighted by Crippen LogP contribution is -2.39. The van der Waals surface area contributed by atoms with E-state index < -0.39 is 0 Å². The van der Waals surface area contributed by atoms with Crippen LogP contribution in [-0.2, 0) is 22.6 Å². The van der Waals surface area contributed by atoms with Crippen molar-refractivity contribution < 1.29 is 14.3 Å². The molecule has 2 aromatic heterocycles. The van der Waals surface area contributed by atoms with Crippen molar-refractivity contribution in [3.63, 3.8) is 0 Å². The van der Waals surface area contributed by atoms with E-state index >= 15 is 0 Å². The molecule has 36 heavy (non-hydrogen) atoms. The first-order valence-corrected chi connectivity index (χ1v) is 12.5. The fraction of sp³-hybridized carbons (Fsp3) is 0.321. The molecule has 0 N–H and O–H groups in total. The highest BCUT2D eigenvalue weighted by atomic mass is 35.5. The van der Waals surface area contributed by atoms with Crippen LogP contribution in [0.25, 0.3) is 22.2 Å². The van der Waals surface area contributed by atoms with Crippen LogP contribution in [0.5, 0.6) is 5.75 Å². The van der Waals surface area contributed by atoms with Crippen LogP contribution in [0.1, 0.15) is 24.1 Å². The molecular formula is C28H29ClN4O3. The zero-order valence-electron chi connectivity index (χ0n) is 20.5. The van der Waals surface area contributed by atoms with Gasteiger partial charge in [-0.2, -0.15) is 5.10 Å². The van der Waals surface area contributed by atoms with Crippen LogP contribution in [-0.4, -0.2) is 51.9 Å². The van der Waals surface area contributed by atoms with Crippen LogP contribution in [0, 0.1) is 6.92 Å². The standard InChI is InChI=1S/C28H29ClN4O3/c1-19-11-12-33(31-19)18-27(34)32(17-25-4-3-13-36-25)16-22-14-21-5-8-23(29)15-26(21)30-28(22)20-6-9-24(35-2)10-7-20/h5-12,14-15,25H,3-4,13,16-18H2,1-2H3. The molecule has 1 aliphatic rings. The molecule has 0 aliphatic carbocycles. The number of aromatic nitrogens is 3. The van der Waals surface area contributed by atoms with Gasteiger partial charge in [0, 0.05) is 41.9 Å². The summed E-state index contributed by atoms with van der Waals surface area (Å²) in [5, 5.41) is 6.01. The largest absolute Gasteiger partial charge is 0.497 e. The molecule has 7 nitrogen and oxygen atoms in total. The van der Waals surface area contributed by atoms with Crippen molar-refractivity contribution in [2.45, 2.75) is 39.0 Å². The number of aryl methyl sites for hydroxylation is 1. The third-order valence-corrected chi connectivity index (χ3v) is 6.69. The molecule has 1 fully saturated rings. The van der Waals surface area contributed by atoms with E-state index in [2.05, 4.69) is 11.2 Å². The van der Waals surface area contributed by atoms with E-state index in [-0.39, 0.29) is 18.6 Å². The monoisotopic (exact) mass is 504 g/mol. The summed E-state index contributed by atoms with van der Waals surface area (Å²) in [6, 6.07) is 17.5.